The second-order valence-electron chi connectivity index (χ2n) is 14.9. The van der Waals surface area contributed by atoms with Crippen molar-refractivity contribution < 1.29 is 37.6 Å². The van der Waals surface area contributed by atoms with Gasteiger partial charge in [-0.3, -0.25) is 18.6 Å². The van der Waals surface area contributed by atoms with E-state index in [1.54, 1.807) is 0 Å². The number of hydrogen-bond acceptors (Lipinski definition) is 8. The predicted octanol–water partition coefficient (Wildman–Crippen LogP) is 12.2. The molecule has 1 N–H and O–H groups in total. The molecule has 53 heavy (non-hydrogen) atoms. The Morgan fingerprint density at radius 3 is 1.40 bits per heavy atom. The Hall–Kier alpha value is -1.51. The van der Waals surface area contributed by atoms with E-state index in [9.17, 15) is 19.0 Å². The van der Waals surface area contributed by atoms with E-state index < -0.39 is 26.5 Å². The van der Waals surface area contributed by atoms with Gasteiger partial charge in [0.2, 0.25) is 0 Å². The average Bonchev–Trinajstić information content (AvgIpc) is 3.12. The molecule has 0 saturated carbocycles. The van der Waals surface area contributed by atoms with E-state index in [4.69, 9.17) is 18.5 Å². The minimum Gasteiger partial charge on any atom is -0.462 e. The average molecular weight is 772 g/mol. The lowest BCUT2D eigenvalue weighted by atomic mass is 10.1. The number of likely N-dealkylation sites (N-methyl/N-ethyl adjacent to an activating group) is 1. The maximum Gasteiger partial charge on any atom is 0.472 e. The number of phosphoric ester groups is 1. The summed E-state index contributed by atoms with van der Waals surface area (Å²) in [5.74, 6) is -0.818. The zero-order valence-corrected chi connectivity index (χ0v) is 35.6. The third-order valence-electron chi connectivity index (χ3n) is 9.23. The van der Waals surface area contributed by atoms with Crippen LogP contribution in [0, 0.1) is 0 Å². The first-order chi connectivity index (χ1) is 25.7. The van der Waals surface area contributed by atoms with E-state index in [0.29, 0.717) is 13.0 Å². The van der Waals surface area contributed by atoms with Crippen molar-refractivity contribution in [2.24, 2.45) is 0 Å². The summed E-state index contributed by atoms with van der Waals surface area (Å²) < 4.78 is 33.4. The van der Waals surface area contributed by atoms with Crippen LogP contribution < -0.4 is 0 Å². The maximum absolute atomic E-state index is 12.6. The van der Waals surface area contributed by atoms with E-state index in [2.05, 4.69) is 38.2 Å². The summed E-state index contributed by atoms with van der Waals surface area (Å²) in [4.78, 5) is 37.0. The molecule has 0 heterocycles. The molecule has 0 fully saturated rings. The molecule has 0 amide bonds. The molecule has 0 aliphatic carbocycles. The topological polar surface area (TPSA) is 112 Å². The van der Waals surface area contributed by atoms with Crippen LogP contribution in [-0.4, -0.2) is 68.3 Å². The molecule has 0 spiro atoms. The predicted molar refractivity (Wildman–Crippen MR) is 220 cm³/mol. The van der Waals surface area contributed by atoms with E-state index in [1.165, 1.54) is 89.9 Å². The number of ether oxygens (including phenoxy) is 2. The minimum absolute atomic E-state index is 0.00561. The van der Waals surface area contributed by atoms with Gasteiger partial charge in [0.25, 0.3) is 0 Å². The van der Waals surface area contributed by atoms with Gasteiger partial charge >= 0.3 is 19.8 Å². The molecule has 0 saturated heterocycles. The summed E-state index contributed by atoms with van der Waals surface area (Å²) >= 11 is 0. The van der Waals surface area contributed by atoms with Crippen molar-refractivity contribution in [1.29, 1.82) is 0 Å². The quantitative estimate of drug-likeness (QED) is 0.0281. The lowest BCUT2D eigenvalue weighted by Gasteiger charge is -2.20. The van der Waals surface area contributed by atoms with E-state index in [1.807, 2.05) is 19.0 Å². The van der Waals surface area contributed by atoms with Gasteiger partial charge in [-0.05, 0) is 78.3 Å². The number of phosphoric acid groups is 1. The molecule has 0 aromatic heterocycles. The van der Waals surface area contributed by atoms with Gasteiger partial charge < -0.3 is 19.3 Å². The van der Waals surface area contributed by atoms with Crippen LogP contribution in [0.2, 0.25) is 0 Å². The van der Waals surface area contributed by atoms with Crippen LogP contribution in [0.3, 0.4) is 0 Å². The minimum atomic E-state index is -4.36. The molecule has 2 unspecified atom stereocenters. The number of allylic oxidation sites excluding steroid dienone is 4. The van der Waals surface area contributed by atoms with Gasteiger partial charge in [-0.1, -0.05) is 141 Å². The lowest BCUT2D eigenvalue weighted by Crippen LogP contribution is -2.29. The fourth-order valence-electron chi connectivity index (χ4n) is 5.85. The Kier molecular flexibility index (Phi) is 37.6. The maximum atomic E-state index is 12.6. The first-order valence-corrected chi connectivity index (χ1v) is 23.1. The molecule has 0 radical (unpaired) electrons. The monoisotopic (exact) mass is 772 g/mol. The zero-order valence-electron chi connectivity index (χ0n) is 34.7. The molecule has 0 aliphatic heterocycles. The summed E-state index contributed by atoms with van der Waals surface area (Å²) in [5.41, 5.74) is 0. The van der Waals surface area contributed by atoms with E-state index >= 15 is 0 Å². The van der Waals surface area contributed by atoms with Crippen LogP contribution in [0.4, 0.5) is 0 Å². The summed E-state index contributed by atoms with van der Waals surface area (Å²) in [7, 11) is -0.715. The van der Waals surface area contributed by atoms with Crippen molar-refractivity contribution in [2.45, 2.75) is 200 Å². The first-order valence-electron chi connectivity index (χ1n) is 21.6. The third-order valence-corrected chi connectivity index (χ3v) is 10.2. The van der Waals surface area contributed by atoms with Crippen LogP contribution >= 0.6 is 7.82 Å². The smallest absolute Gasteiger partial charge is 0.462 e. The van der Waals surface area contributed by atoms with Crippen molar-refractivity contribution in [3.05, 3.63) is 24.3 Å². The van der Waals surface area contributed by atoms with Gasteiger partial charge in [-0.25, -0.2) is 4.57 Å². The fraction of sp³-hybridized carbons (Fsp3) is 0.860. The lowest BCUT2D eigenvalue weighted by molar-refractivity contribution is -0.161. The number of rotatable bonds is 40. The van der Waals surface area contributed by atoms with E-state index in [0.717, 1.165) is 70.6 Å². The normalized spacial score (nSPS) is 13.6. The highest BCUT2D eigenvalue weighted by molar-refractivity contribution is 7.47. The van der Waals surface area contributed by atoms with Gasteiger partial charge in [0, 0.05) is 19.4 Å². The highest BCUT2D eigenvalue weighted by Crippen LogP contribution is 2.43. The second kappa shape index (κ2) is 38.8. The van der Waals surface area contributed by atoms with Crippen molar-refractivity contribution in [3.63, 3.8) is 0 Å². The standard InChI is InChI=1S/C43H82NO8P/c1-5-7-9-11-13-15-17-19-21-23-25-27-29-31-33-35-42(45)49-39-41(40-51-53(47,48)50-38-37-44(3)4)52-43(46)36-34-32-30-28-26-24-22-20-18-16-14-12-10-8-6-2/h19-22,41H,5-18,23-40H2,1-4H3,(H,47,48)/b21-19+,22-20+. The molecule has 9 nitrogen and oxygen atoms in total. The summed E-state index contributed by atoms with van der Waals surface area (Å²) in [6.07, 6.45) is 39.3. The van der Waals surface area contributed by atoms with Crippen molar-refractivity contribution in [2.75, 3.05) is 40.5 Å². The molecule has 0 aliphatic rings. The van der Waals surface area contributed by atoms with Gasteiger partial charge in [-0.2, -0.15) is 0 Å². The molecule has 312 valence electrons. The van der Waals surface area contributed by atoms with Gasteiger partial charge in [-0.15, -0.1) is 0 Å². The third kappa shape index (κ3) is 40.0. The molecular formula is C43H82NO8P. The van der Waals surface area contributed by atoms with Crippen molar-refractivity contribution >= 4 is 19.8 Å². The Bertz CT molecular complexity index is 941. The fourth-order valence-corrected chi connectivity index (χ4v) is 6.59. The first kappa shape index (κ1) is 51.5. The Balaban J connectivity index is 4.32. The highest BCUT2D eigenvalue weighted by atomic mass is 31.2. The number of esters is 2. The van der Waals surface area contributed by atoms with Crippen LogP contribution in [-0.2, 0) is 32.7 Å². The molecule has 0 aromatic carbocycles. The van der Waals surface area contributed by atoms with Crippen LogP contribution in [0.1, 0.15) is 194 Å². The van der Waals surface area contributed by atoms with Crippen molar-refractivity contribution in [3.8, 4) is 0 Å². The highest BCUT2D eigenvalue weighted by Gasteiger charge is 2.26. The zero-order chi connectivity index (χ0) is 39.1. The number of carbonyl (C=O) groups is 2. The number of unbranched alkanes of at least 4 members (excludes halogenated alkanes) is 22. The van der Waals surface area contributed by atoms with Gasteiger partial charge in [0.05, 0.1) is 13.2 Å². The van der Waals surface area contributed by atoms with Crippen LogP contribution in [0.15, 0.2) is 24.3 Å². The number of nitrogens with zero attached hydrogens (tertiary/aromatic N) is 1. The molecule has 0 bridgehead atoms. The molecule has 10 heteroatoms. The second-order valence-corrected chi connectivity index (χ2v) is 16.3. The van der Waals surface area contributed by atoms with Crippen LogP contribution in [0.5, 0.6) is 0 Å². The van der Waals surface area contributed by atoms with Gasteiger partial charge in [0.15, 0.2) is 6.10 Å². The molecule has 0 rings (SSSR count). The largest absolute Gasteiger partial charge is 0.472 e. The summed E-state index contributed by atoms with van der Waals surface area (Å²) in [6.45, 7) is 4.30. The summed E-state index contributed by atoms with van der Waals surface area (Å²) in [6, 6.07) is 0. The molecular weight excluding hydrogens is 689 g/mol. The Morgan fingerprint density at radius 2 is 0.962 bits per heavy atom. The Labute approximate surface area is 326 Å². The van der Waals surface area contributed by atoms with Crippen LogP contribution in [0.25, 0.3) is 0 Å². The summed E-state index contributed by atoms with van der Waals surface area (Å²) in [5, 5.41) is 0. The SMILES string of the molecule is CCCCCCCC/C=C/CCCCCCCC(=O)OCC(COP(=O)(O)OCCN(C)C)OC(=O)CCCCCCC/C=C/CCCCCCCC. The molecule has 2 atom stereocenters. The van der Waals surface area contributed by atoms with E-state index in [-0.39, 0.29) is 32.0 Å². The Morgan fingerprint density at radius 1 is 0.566 bits per heavy atom. The van der Waals surface area contributed by atoms with Crippen molar-refractivity contribution in [1.82, 2.24) is 4.90 Å². The van der Waals surface area contributed by atoms with Gasteiger partial charge in [0.1, 0.15) is 6.61 Å². The molecule has 0 aromatic rings. The number of hydrogen-bond donors (Lipinski definition) is 1. The number of carbonyl (C=O) groups excluding carboxylic acids is 2.